The molecule has 0 atom stereocenters. The number of para-hydroxylation sites is 1. The number of nitrogens with zero attached hydrogens (tertiary/aromatic N) is 3. The van der Waals surface area contributed by atoms with Crippen LogP contribution in [0.2, 0.25) is 0 Å². The van der Waals surface area contributed by atoms with Gasteiger partial charge in [0.2, 0.25) is 4.77 Å². The van der Waals surface area contributed by atoms with Gasteiger partial charge in [-0.1, -0.05) is 30.3 Å². The number of methoxy groups -OCH3 is 1. The van der Waals surface area contributed by atoms with Gasteiger partial charge in [0.15, 0.2) is 5.82 Å². The lowest BCUT2D eigenvalue weighted by Gasteiger charge is -2.02. The van der Waals surface area contributed by atoms with E-state index in [-0.39, 0.29) is 4.77 Å². The Labute approximate surface area is 149 Å². The second-order valence-electron chi connectivity index (χ2n) is 5.01. The Bertz CT molecular complexity index is 990. The number of ether oxygens (including phenoxy) is 1. The van der Waals surface area contributed by atoms with E-state index < -0.39 is 5.82 Å². The van der Waals surface area contributed by atoms with Crippen LogP contribution in [0.15, 0.2) is 59.7 Å². The van der Waals surface area contributed by atoms with Crippen molar-refractivity contribution in [3.8, 4) is 17.1 Å². The normalized spacial score (nSPS) is 11.4. The van der Waals surface area contributed by atoms with E-state index in [9.17, 15) is 4.39 Å². The predicted octanol–water partition coefficient (Wildman–Crippen LogP) is 4.30. The number of aromatic amines is 1. The lowest BCUT2D eigenvalue weighted by Crippen LogP contribution is -1.95. The maximum atomic E-state index is 14.0. The Morgan fingerprint density at radius 1 is 1.20 bits per heavy atom. The van der Waals surface area contributed by atoms with Crippen LogP contribution in [0.3, 0.4) is 0 Å². The highest BCUT2D eigenvalue weighted by molar-refractivity contribution is 7.71. The van der Waals surface area contributed by atoms with Gasteiger partial charge in [-0.25, -0.2) is 9.49 Å². The van der Waals surface area contributed by atoms with Crippen molar-refractivity contribution in [1.29, 1.82) is 0 Å². The minimum atomic E-state index is -0.391. The zero-order chi connectivity index (χ0) is 17.6. The first kappa shape index (κ1) is 16.8. The summed E-state index contributed by atoms with van der Waals surface area (Å²) in [6.07, 6.45) is 5.16. The van der Waals surface area contributed by atoms with E-state index in [1.165, 1.54) is 10.7 Å². The highest BCUT2D eigenvalue weighted by Crippen LogP contribution is 2.21. The fourth-order valence-electron chi connectivity index (χ4n) is 2.27. The summed E-state index contributed by atoms with van der Waals surface area (Å²) in [5.74, 6) is 0.682. The van der Waals surface area contributed by atoms with Gasteiger partial charge in [-0.2, -0.15) is 14.9 Å². The Morgan fingerprint density at radius 3 is 2.76 bits per heavy atom. The summed E-state index contributed by atoms with van der Waals surface area (Å²) in [6.45, 7) is 0. The van der Waals surface area contributed by atoms with E-state index in [0.717, 1.165) is 11.3 Å². The van der Waals surface area contributed by atoms with Gasteiger partial charge in [0.05, 0.1) is 12.7 Å². The smallest absolute Gasteiger partial charge is 0.216 e. The molecule has 0 unspecified atom stereocenters. The number of allylic oxidation sites excluding steroid dienone is 1. The minimum absolute atomic E-state index is 0.278. The molecule has 25 heavy (non-hydrogen) atoms. The molecule has 5 nitrogen and oxygen atoms in total. The Morgan fingerprint density at radius 2 is 1.96 bits per heavy atom. The number of halogens is 1. The van der Waals surface area contributed by atoms with E-state index >= 15 is 0 Å². The number of hydrogen-bond acceptors (Lipinski definition) is 4. The quantitative estimate of drug-likeness (QED) is 0.549. The highest BCUT2D eigenvalue weighted by Gasteiger charge is 2.11. The molecule has 0 aliphatic rings. The number of H-pyrrole nitrogens is 1. The van der Waals surface area contributed by atoms with Crippen molar-refractivity contribution in [1.82, 2.24) is 14.9 Å². The van der Waals surface area contributed by atoms with E-state index in [1.54, 1.807) is 37.6 Å². The molecule has 1 heterocycles. The zero-order valence-corrected chi connectivity index (χ0v) is 14.2. The largest absolute Gasteiger partial charge is 0.496 e. The van der Waals surface area contributed by atoms with E-state index in [1.807, 2.05) is 30.3 Å². The average molecular weight is 354 g/mol. The lowest BCUT2D eigenvalue weighted by molar-refractivity contribution is 0.414. The fourth-order valence-corrected chi connectivity index (χ4v) is 2.45. The second kappa shape index (κ2) is 7.67. The van der Waals surface area contributed by atoms with Gasteiger partial charge in [0.1, 0.15) is 11.6 Å². The Kier molecular flexibility index (Phi) is 5.15. The SMILES string of the molecule is COc1ccccc1/C=C/C=N\n1c(-c2ccccc2F)n[nH]c1=S. The molecule has 0 amide bonds. The summed E-state index contributed by atoms with van der Waals surface area (Å²) in [5, 5.41) is 10.9. The van der Waals surface area contributed by atoms with Crippen LogP contribution in [-0.2, 0) is 0 Å². The average Bonchev–Trinajstić information content (AvgIpc) is 3.00. The van der Waals surface area contributed by atoms with E-state index in [2.05, 4.69) is 15.3 Å². The molecule has 0 aliphatic carbocycles. The Hall–Kier alpha value is -3.06. The van der Waals surface area contributed by atoms with Crippen molar-refractivity contribution in [3.05, 3.63) is 70.8 Å². The summed E-state index contributed by atoms with van der Waals surface area (Å²) in [4.78, 5) is 0. The minimum Gasteiger partial charge on any atom is -0.496 e. The van der Waals surface area contributed by atoms with Gasteiger partial charge in [-0.15, -0.1) is 0 Å². The van der Waals surface area contributed by atoms with Crippen LogP contribution in [0.1, 0.15) is 5.56 Å². The van der Waals surface area contributed by atoms with Gasteiger partial charge >= 0.3 is 0 Å². The number of benzene rings is 2. The van der Waals surface area contributed by atoms with Gasteiger partial charge in [-0.05, 0) is 42.6 Å². The first-order valence-corrected chi connectivity index (χ1v) is 7.88. The molecule has 0 bridgehead atoms. The molecule has 0 aliphatic heterocycles. The molecule has 7 heteroatoms. The lowest BCUT2D eigenvalue weighted by atomic mass is 10.2. The monoisotopic (exact) mass is 354 g/mol. The summed E-state index contributed by atoms with van der Waals surface area (Å²) < 4.78 is 20.9. The molecule has 1 N–H and O–H groups in total. The molecular weight excluding hydrogens is 339 g/mol. The molecule has 3 aromatic rings. The van der Waals surface area contributed by atoms with Crippen molar-refractivity contribution in [3.63, 3.8) is 0 Å². The van der Waals surface area contributed by atoms with Crippen LogP contribution < -0.4 is 4.74 Å². The van der Waals surface area contributed by atoms with Gasteiger partial charge in [-0.3, -0.25) is 0 Å². The molecule has 3 rings (SSSR count). The number of aromatic nitrogens is 3. The number of hydrogen-bond donors (Lipinski definition) is 1. The topological polar surface area (TPSA) is 55.2 Å². The molecule has 0 radical (unpaired) electrons. The molecule has 2 aromatic carbocycles. The second-order valence-corrected chi connectivity index (χ2v) is 5.40. The highest BCUT2D eigenvalue weighted by atomic mass is 32.1. The standard InChI is InChI=1S/C18H15FN4OS/c1-24-16-11-5-2-7-13(16)8-6-12-20-23-17(21-22-18(23)25)14-9-3-4-10-15(14)19/h2-12H,1H3,(H,22,25)/b8-6+,20-12-. The van der Waals surface area contributed by atoms with Crippen LogP contribution in [0.5, 0.6) is 5.75 Å². The van der Waals surface area contributed by atoms with Gasteiger partial charge in [0.25, 0.3) is 0 Å². The summed E-state index contributed by atoms with van der Waals surface area (Å²) in [7, 11) is 1.62. The summed E-state index contributed by atoms with van der Waals surface area (Å²) in [6, 6.07) is 13.9. The third-order valence-corrected chi connectivity index (χ3v) is 3.71. The maximum Gasteiger partial charge on any atom is 0.216 e. The first-order valence-electron chi connectivity index (χ1n) is 7.47. The van der Waals surface area contributed by atoms with Crippen molar-refractivity contribution >= 4 is 24.5 Å². The third-order valence-electron chi connectivity index (χ3n) is 3.45. The van der Waals surface area contributed by atoms with Crippen molar-refractivity contribution < 1.29 is 9.13 Å². The molecule has 0 spiro atoms. The van der Waals surface area contributed by atoms with Gasteiger partial charge < -0.3 is 4.74 Å². The molecular formula is C18H15FN4OS. The van der Waals surface area contributed by atoms with Crippen LogP contribution >= 0.6 is 12.2 Å². The van der Waals surface area contributed by atoms with Gasteiger partial charge in [0, 0.05) is 11.8 Å². The maximum absolute atomic E-state index is 14.0. The fraction of sp³-hybridized carbons (Fsp3) is 0.0556. The molecule has 0 saturated carbocycles. The first-order chi connectivity index (χ1) is 12.2. The zero-order valence-electron chi connectivity index (χ0n) is 13.4. The molecule has 0 saturated heterocycles. The van der Waals surface area contributed by atoms with E-state index in [4.69, 9.17) is 17.0 Å². The predicted molar refractivity (Wildman–Crippen MR) is 98.7 cm³/mol. The van der Waals surface area contributed by atoms with E-state index in [0.29, 0.717) is 11.4 Å². The van der Waals surface area contributed by atoms with Crippen LogP contribution in [0.25, 0.3) is 17.5 Å². The van der Waals surface area contributed by atoms with Crippen LogP contribution in [0.4, 0.5) is 4.39 Å². The Balaban J connectivity index is 1.88. The van der Waals surface area contributed by atoms with Crippen LogP contribution in [0, 0.1) is 10.6 Å². The van der Waals surface area contributed by atoms with Crippen molar-refractivity contribution in [2.24, 2.45) is 5.10 Å². The molecule has 1 aromatic heterocycles. The molecule has 0 fully saturated rings. The summed E-state index contributed by atoms with van der Waals surface area (Å²) >= 11 is 5.16. The number of rotatable bonds is 5. The van der Waals surface area contributed by atoms with Crippen molar-refractivity contribution in [2.45, 2.75) is 0 Å². The third kappa shape index (κ3) is 3.72. The molecule has 126 valence electrons. The van der Waals surface area contributed by atoms with Crippen molar-refractivity contribution in [2.75, 3.05) is 7.11 Å². The summed E-state index contributed by atoms with van der Waals surface area (Å²) in [5.41, 5.74) is 1.24. The van der Waals surface area contributed by atoms with Crippen LogP contribution in [-0.4, -0.2) is 28.2 Å². The number of nitrogens with one attached hydrogen (secondary N) is 1.